The van der Waals surface area contributed by atoms with E-state index >= 15 is 0 Å². The average Bonchev–Trinajstić information content (AvgIpc) is 2.73. The van der Waals surface area contributed by atoms with Crippen LogP contribution in [0, 0.1) is 18.3 Å². The van der Waals surface area contributed by atoms with Crippen LogP contribution in [-0.2, 0) is 4.74 Å². The Labute approximate surface area is 110 Å². The van der Waals surface area contributed by atoms with E-state index in [4.69, 9.17) is 9.47 Å². The minimum absolute atomic E-state index is 0.284. The molecule has 6 heteroatoms. The maximum absolute atomic E-state index is 11.9. The van der Waals surface area contributed by atoms with Crippen molar-refractivity contribution in [1.29, 1.82) is 5.26 Å². The summed E-state index contributed by atoms with van der Waals surface area (Å²) in [5.41, 5.74) is 1.53. The Hall–Kier alpha value is -2.55. The SMILES string of the molecule is CCOC(=O)c1c(C)nc2c(C#N)c(OC)ccn12. The Morgan fingerprint density at radius 3 is 2.89 bits per heavy atom. The van der Waals surface area contributed by atoms with Gasteiger partial charge in [0.25, 0.3) is 0 Å². The Morgan fingerprint density at radius 1 is 1.58 bits per heavy atom. The Morgan fingerprint density at radius 2 is 2.32 bits per heavy atom. The molecule has 0 amide bonds. The van der Waals surface area contributed by atoms with E-state index in [1.54, 1.807) is 30.5 Å². The summed E-state index contributed by atoms with van der Waals surface area (Å²) in [4.78, 5) is 16.2. The third-order valence-corrected chi connectivity index (χ3v) is 2.73. The molecular weight excluding hydrogens is 246 g/mol. The van der Waals surface area contributed by atoms with Gasteiger partial charge in [0.05, 0.1) is 19.4 Å². The van der Waals surface area contributed by atoms with Crippen LogP contribution in [0.3, 0.4) is 0 Å². The molecule has 0 saturated carbocycles. The van der Waals surface area contributed by atoms with Crippen LogP contribution >= 0.6 is 0 Å². The minimum Gasteiger partial charge on any atom is -0.495 e. The minimum atomic E-state index is -0.457. The number of imidazole rings is 1. The van der Waals surface area contributed by atoms with Crippen molar-refractivity contribution in [1.82, 2.24) is 9.38 Å². The molecule has 2 aromatic heterocycles. The molecule has 2 rings (SSSR count). The first-order valence-electron chi connectivity index (χ1n) is 5.76. The summed E-state index contributed by atoms with van der Waals surface area (Å²) in [6.45, 7) is 3.72. The Kier molecular flexibility index (Phi) is 3.38. The third-order valence-electron chi connectivity index (χ3n) is 2.73. The van der Waals surface area contributed by atoms with Gasteiger partial charge in [-0.2, -0.15) is 5.26 Å². The summed E-state index contributed by atoms with van der Waals surface area (Å²) < 4.78 is 11.7. The number of carbonyl (C=O) groups excluding carboxylic acids is 1. The molecule has 0 radical (unpaired) electrons. The fourth-order valence-corrected chi connectivity index (χ4v) is 1.92. The smallest absolute Gasteiger partial charge is 0.357 e. The molecule has 19 heavy (non-hydrogen) atoms. The number of fused-ring (bicyclic) bond motifs is 1. The number of aromatic nitrogens is 2. The number of esters is 1. The van der Waals surface area contributed by atoms with Crippen LogP contribution in [0.5, 0.6) is 5.75 Å². The number of ether oxygens (including phenoxy) is 2. The van der Waals surface area contributed by atoms with E-state index in [1.807, 2.05) is 6.07 Å². The summed E-state index contributed by atoms with van der Waals surface area (Å²) in [7, 11) is 1.48. The molecule has 0 aromatic carbocycles. The molecule has 0 fully saturated rings. The third kappa shape index (κ3) is 1.99. The molecule has 0 bridgehead atoms. The first-order chi connectivity index (χ1) is 9.13. The van der Waals surface area contributed by atoms with Crippen molar-refractivity contribution in [2.75, 3.05) is 13.7 Å². The molecule has 0 saturated heterocycles. The zero-order valence-electron chi connectivity index (χ0n) is 10.9. The lowest BCUT2D eigenvalue weighted by Gasteiger charge is -2.05. The van der Waals surface area contributed by atoms with Crippen molar-refractivity contribution in [3.63, 3.8) is 0 Å². The molecule has 0 spiro atoms. The standard InChI is InChI=1S/C13H13N3O3/c1-4-19-13(17)11-8(2)15-12-9(7-14)10(18-3)5-6-16(11)12/h5-6H,4H2,1-3H3. The highest BCUT2D eigenvalue weighted by atomic mass is 16.5. The molecule has 0 aliphatic carbocycles. The lowest BCUT2D eigenvalue weighted by atomic mass is 10.2. The second-order valence-corrected chi connectivity index (χ2v) is 3.83. The number of rotatable bonds is 3. The monoisotopic (exact) mass is 259 g/mol. The van der Waals surface area contributed by atoms with E-state index in [1.165, 1.54) is 7.11 Å². The van der Waals surface area contributed by atoms with Gasteiger partial charge in [0.2, 0.25) is 0 Å². The summed E-state index contributed by atoms with van der Waals surface area (Å²) in [5, 5.41) is 9.19. The van der Waals surface area contributed by atoms with Crippen molar-refractivity contribution in [2.24, 2.45) is 0 Å². The van der Waals surface area contributed by atoms with Crippen LogP contribution in [0.15, 0.2) is 12.3 Å². The van der Waals surface area contributed by atoms with Gasteiger partial charge in [0, 0.05) is 6.20 Å². The first kappa shape index (κ1) is 12.9. The predicted octanol–water partition coefficient (Wildman–Crippen LogP) is 1.70. The lowest BCUT2D eigenvalue weighted by Crippen LogP contribution is -2.09. The molecule has 0 N–H and O–H groups in total. The van der Waals surface area contributed by atoms with Crippen LogP contribution in [0.2, 0.25) is 0 Å². The fraction of sp³-hybridized carbons (Fsp3) is 0.308. The van der Waals surface area contributed by atoms with Crippen molar-refractivity contribution in [3.8, 4) is 11.8 Å². The predicted molar refractivity (Wildman–Crippen MR) is 67.2 cm³/mol. The van der Waals surface area contributed by atoms with Crippen LogP contribution in [-0.4, -0.2) is 29.1 Å². The van der Waals surface area contributed by atoms with Crippen molar-refractivity contribution in [2.45, 2.75) is 13.8 Å². The average molecular weight is 259 g/mol. The molecule has 2 aromatic rings. The van der Waals surface area contributed by atoms with Crippen LogP contribution in [0.4, 0.5) is 0 Å². The van der Waals surface area contributed by atoms with E-state index in [2.05, 4.69) is 4.98 Å². The summed E-state index contributed by atoms with van der Waals surface area (Å²) in [6, 6.07) is 3.66. The molecule has 0 atom stereocenters. The number of nitrogens with zero attached hydrogens (tertiary/aromatic N) is 3. The highest BCUT2D eigenvalue weighted by Crippen LogP contribution is 2.24. The number of pyridine rings is 1. The van der Waals surface area contributed by atoms with Crippen LogP contribution in [0.1, 0.15) is 28.7 Å². The Balaban J connectivity index is 2.73. The number of methoxy groups -OCH3 is 1. The second kappa shape index (κ2) is 4.98. The maximum Gasteiger partial charge on any atom is 0.357 e. The maximum atomic E-state index is 11.9. The quantitative estimate of drug-likeness (QED) is 0.784. The molecule has 98 valence electrons. The second-order valence-electron chi connectivity index (χ2n) is 3.83. The van der Waals surface area contributed by atoms with Crippen LogP contribution in [0.25, 0.3) is 5.65 Å². The largest absolute Gasteiger partial charge is 0.495 e. The highest BCUT2D eigenvalue weighted by molar-refractivity contribution is 5.90. The van der Waals surface area contributed by atoms with Crippen molar-refractivity contribution >= 4 is 11.6 Å². The first-order valence-corrected chi connectivity index (χ1v) is 5.76. The molecule has 2 heterocycles. The Bertz CT molecular complexity index is 682. The number of nitriles is 1. The van der Waals surface area contributed by atoms with Gasteiger partial charge in [-0.25, -0.2) is 9.78 Å². The van der Waals surface area contributed by atoms with Crippen molar-refractivity contribution < 1.29 is 14.3 Å². The molecule has 0 aliphatic heterocycles. The molecule has 0 aliphatic rings. The lowest BCUT2D eigenvalue weighted by molar-refractivity contribution is 0.0517. The summed E-state index contributed by atoms with van der Waals surface area (Å²) in [6.07, 6.45) is 1.64. The van der Waals surface area contributed by atoms with Crippen LogP contribution < -0.4 is 4.74 Å². The van der Waals surface area contributed by atoms with E-state index < -0.39 is 5.97 Å². The number of hydrogen-bond donors (Lipinski definition) is 0. The van der Waals surface area contributed by atoms with Gasteiger partial charge in [-0.05, 0) is 19.9 Å². The normalized spacial score (nSPS) is 10.2. The molecule has 6 nitrogen and oxygen atoms in total. The van der Waals surface area contributed by atoms with E-state index in [0.29, 0.717) is 28.3 Å². The summed E-state index contributed by atoms with van der Waals surface area (Å²) in [5.74, 6) is -0.0306. The fourth-order valence-electron chi connectivity index (χ4n) is 1.92. The summed E-state index contributed by atoms with van der Waals surface area (Å²) >= 11 is 0. The van der Waals surface area contributed by atoms with E-state index in [9.17, 15) is 10.1 Å². The van der Waals surface area contributed by atoms with Gasteiger partial charge < -0.3 is 9.47 Å². The zero-order chi connectivity index (χ0) is 14.0. The van der Waals surface area contributed by atoms with Gasteiger partial charge in [0.1, 0.15) is 17.4 Å². The van der Waals surface area contributed by atoms with Gasteiger partial charge in [-0.3, -0.25) is 4.40 Å². The number of aryl methyl sites for hydroxylation is 1. The molecular formula is C13H13N3O3. The van der Waals surface area contributed by atoms with Gasteiger partial charge in [-0.1, -0.05) is 0 Å². The van der Waals surface area contributed by atoms with Gasteiger partial charge in [-0.15, -0.1) is 0 Å². The highest BCUT2D eigenvalue weighted by Gasteiger charge is 2.21. The van der Waals surface area contributed by atoms with Gasteiger partial charge in [0.15, 0.2) is 11.3 Å². The van der Waals surface area contributed by atoms with E-state index in [-0.39, 0.29) is 6.61 Å². The number of carbonyl (C=O) groups is 1. The number of hydrogen-bond acceptors (Lipinski definition) is 5. The zero-order valence-corrected chi connectivity index (χ0v) is 10.9. The van der Waals surface area contributed by atoms with Crippen molar-refractivity contribution in [3.05, 3.63) is 29.2 Å². The van der Waals surface area contributed by atoms with Gasteiger partial charge >= 0.3 is 5.97 Å². The van der Waals surface area contributed by atoms with E-state index in [0.717, 1.165) is 0 Å². The topological polar surface area (TPSA) is 76.6 Å². The molecule has 0 unspecified atom stereocenters.